The molecule has 21 heavy (non-hydrogen) atoms. The van der Waals surface area contributed by atoms with E-state index in [1.54, 1.807) is 24.1 Å². The number of anilines is 1. The number of nitrogens with zero attached hydrogens (tertiary/aromatic N) is 2. The van der Waals surface area contributed by atoms with Crippen LogP contribution in [0.4, 0.5) is 9.52 Å². The molecule has 0 aliphatic carbocycles. The number of halogens is 1. The first-order chi connectivity index (χ1) is 10.1. The van der Waals surface area contributed by atoms with Crippen LogP contribution < -0.4 is 4.90 Å². The maximum atomic E-state index is 12.9. The first kappa shape index (κ1) is 13.7. The average Bonchev–Trinajstić information content (AvgIpc) is 2.92. The van der Waals surface area contributed by atoms with Gasteiger partial charge in [-0.05, 0) is 29.8 Å². The lowest BCUT2D eigenvalue weighted by Crippen LogP contribution is -2.27. The molecule has 0 saturated carbocycles. The largest absolute Gasteiger partial charge is 0.291 e. The minimum Gasteiger partial charge on any atom is -0.291 e. The van der Waals surface area contributed by atoms with Gasteiger partial charge in [-0.1, -0.05) is 35.6 Å². The Labute approximate surface area is 125 Å². The molecule has 0 radical (unpaired) electrons. The normalized spacial score (nSPS) is 10.8. The molecule has 3 nitrogen and oxygen atoms in total. The summed E-state index contributed by atoms with van der Waals surface area (Å²) in [4.78, 5) is 18.3. The molecule has 1 heterocycles. The van der Waals surface area contributed by atoms with Crippen LogP contribution in [0.3, 0.4) is 0 Å². The van der Waals surface area contributed by atoms with Gasteiger partial charge in [-0.15, -0.1) is 0 Å². The molecule has 106 valence electrons. The van der Waals surface area contributed by atoms with Gasteiger partial charge in [-0.2, -0.15) is 0 Å². The lowest BCUT2D eigenvalue weighted by molar-refractivity contribution is -0.117. The maximum absolute atomic E-state index is 12.9. The summed E-state index contributed by atoms with van der Waals surface area (Å²) in [5.41, 5.74) is 1.67. The molecule has 0 unspecified atom stereocenters. The van der Waals surface area contributed by atoms with Gasteiger partial charge in [0.05, 0.1) is 16.6 Å². The second-order valence-electron chi connectivity index (χ2n) is 4.72. The van der Waals surface area contributed by atoms with E-state index in [0.717, 1.165) is 15.8 Å². The van der Waals surface area contributed by atoms with Gasteiger partial charge >= 0.3 is 0 Å². The summed E-state index contributed by atoms with van der Waals surface area (Å²) in [6, 6.07) is 13.7. The first-order valence-corrected chi connectivity index (χ1v) is 7.32. The summed E-state index contributed by atoms with van der Waals surface area (Å²) in [5, 5.41) is 0.670. The third-order valence-electron chi connectivity index (χ3n) is 3.21. The third kappa shape index (κ3) is 2.92. The van der Waals surface area contributed by atoms with Crippen molar-refractivity contribution in [3.05, 3.63) is 59.9 Å². The molecule has 2 aromatic carbocycles. The van der Waals surface area contributed by atoms with Crippen LogP contribution in [0.15, 0.2) is 48.5 Å². The molecule has 0 atom stereocenters. The molecule has 0 aliphatic rings. The minimum absolute atomic E-state index is 0.0688. The Bertz CT molecular complexity index is 749. The molecular weight excluding hydrogens is 287 g/mol. The lowest BCUT2D eigenvalue weighted by atomic mass is 10.1. The summed E-state index contributed by atoms with van der Waals surface area (Å²) in [6.45, 7) is 0. The zero-order chi connectivity index (χ0) is 14.8. The number of fused-ring (bicyclic) bond motifs is 1. The van der Waals surface area contributed by atoms with E-state index in [0.29, 0.717) is 5.13 Å². The van der Waals surface area contributed by atoms with E-state index in [9.17, 15) is 9.18 Å². The molecule has 0 fully saturated rings. The minimum atomic E-state index is -0.300. The fourth-order valence-electron chi connectivity index (χ4n) is 2.01. The Kier molecular flexibility index (Phi) is 3.66. The second-order valence-corrected chi connectivity index (χ2v) is 5.73. The van der Waals surface area contributed by atoms with E-state index in [4.69, 9.17) is 0 Å². The Morgan fingerprint density at radius 3 is 2.62 bits per heavy atom. The van der Waals surface area contributed by atoms with Gasteiger partial charge in [0.25, 0.3) is 0 Å². The third-order valence-corrected chi connectivity index (χ3v) is 4.33. The number of benzene rings is 2. The number of thiazole rings is 1. The van der Waals surface area contributed by atoms with Crippen LogP contribution in [0.5, 0.6) is 0 Å². The van der Waals surface area contributed by atoms with Crippen molar-refractivity contribution < 1.29 is 9.18 Å². The quantitative estimate of drug-likeness (QED) is 0.740. The van der Waals surface area contributed by atoms with Crippen LogP contribution >= 0.6 is 11.3 Å². The Morgan fingerprint density at radius 1 is 1.19 bits per heavy atom. The van der Waals surface area contributed by atoms with Gasteiger partial charge in [-0.25, -0.2) is 9.37 Å². The molecular formula is C16H13FN2OS. The van der Waals surface area contributed by atoms with Gasteiger partial charge in [0, 0.05) is 7.05 Å². The fourth-order valence-corrected chi connectivity index (χ4v) is 2.95. The van der Waals surface area contributed by atoms with E-state index in [2.05, 4.69) is 4.98 Å². The zero-order valence-corrected chi connectivity index (χ0v) is 12.2. The summed E-state index contributed by atoms with van der Waals surface area (Å²) < 4.78 is 13.9. The van der Waals surface area contributed by atoms with Crippen molar-refractivity contribution in [1.29, 1.82) is 0 Å². The van der Waals surface area contributed by atoms with Gasteiger partial charge in [0.1, 0.15) is 5.82 Å². The summed E-state index contributed by atoms with van der Waals surface area (Å²) in [7, 11) is 1.71. The number of amides is 1. The number of hydrogen-bond donors (Lipinski definition) is 0. The van der Waals surface area contributed by atoms with Crippen LogP contribution in [0.1, 0.15) is 5.56 Å². The number of carbonyl (C=O) groups excluding carboxylic acids is 1. The smallest absolute Gasteiger partial charge is 0.232 e. The second kappa shape index (κ2) is 5.61. The lowest BCUT2D eigenvalue weighted by Gasteiger charge is -2.13. The SMILES string of the molecule is CN(C(=O)Cc1ccc(F)cc1)c1nc2ccccc2s1. The van der Waals surface area contributed by atoms with Crippen LogP contribution in [0.25, 0.3) is 10.2 Å². The maximum Gasteiger partial charge on any atom is 0.232 e. The van der Waals surface area contributed by atoms with E-state index in [1.165, 1.54) is 23.5 Å². The summed E-state index contributed by atoms with van der Waals surface area (Å²) in [6.07, 6.45) is 0.229. The molecule has 5 heteroatoms. The van der Waals surface area contributed by atoms with E-state index in [-0.39, 0.29) is 18.1 Å². The van der Waals surface area contributed by atoms with Gasteiger partial charge in [0.2, 0.25) is 5.91 Å². The van der Waals surface area contributed by atoms with Crippen LogP contribution in [0, 0.1) is 5.82 Å². The highest BCUT2D eigenvalue weighted by Gasteiger charge is 2.15. The number of hydrogen-bond acceptors (Lipinski definition) is 3. The molecule has 0 N–H and O–H groups in total. The predicted molar refractivity (Wildman–Crippen MR) is 83.1 cm³/mol. The molecule has 1 amide bonds. The molecule has 0 saturated heterocycles. The van der Waals surface area contributed by atoms with Crippen molar-refractivity contribution in [2.75, 3.05) is 11.9 Å². The van der Waals surface area contributed by atoms with Crippen LogP contribution in [0.2, 0.25) is 0 Å². The van der Waals surface area contributed by atoms with Crippen molar-refractivity contribution in [3.8, 4) is 0 Å². The van der Waals surface area contributed by atoms with Gasteiger partial charge < -0.3 is 0 Å². The standard InChI is InChI=1S/C16H13FN2OS/c1-19(15(20)10-11-6-8-12(17)9-7-11)16-18-13-4-2-3-5-14(13)21-16/h2-9H,10H2,1H3. The molecule has 1 aromatic heterocycles. The molecule has 0 bridgehead atoms. The molecule has 3 rings (SSSR count). The number of rotatable bonds is 3. The number of aromatic nitrogens is 1. The molecule has 0 spiro atoms. The number of carbonyl (C=O) groups is 1. The van der Waals surface area contributed by atoms with E-state index in [1.807, 2.05) is 24.3 Å². The predicted octanol–water partition coefficient (Wildman–Crippen LogP) is 3.64. The topological polar surface area (TPSA) is 33.2 Å². The number of para-hydroxylation sites is 1. The van der Waals surface area contributed by atoms with Crippen molar-refractivity contribution in [1.82, 2.24) is 4.98 Å². The molecule has 0 aliphatic heterocycles. The van der Waals surface area contributed by atoms with Gasteiger partial charge in [-0.3, -0.25) is 9.69 Å². The average molecular weight is 300 g/mol. The Morgan fingerprint density at radius 2 is 1.90 bits per heavy atom. The number of likely N-dealkylation sites (N-methyl/N-ethyl adjacent to an activating group) is 1. The van der Waals surface area contributed by atoms with Crippen molar-refractivity contribution in [2.45, 2.75) is 6.42 Å². The van der Waals surface area contributed by atoms with Crippen molar-refractivity contribution in [3.63, 3.8) is 0 Å². The van der Waals surface area contributed by atoms with Gasteiger partial charge in [0.15, 0.2) is 5.13 Å². The highest BCUT2D eigenvalue weighted by atomic mass is 32.1. The highest BCUT2D eigenvalue weighted by Crippen LogP contribution is 2.28. The van der Waals surface area contributed by atoms with Crippen LogP contribution in [-0.4, -0.2) is 17.9 Å². The Hall–Kier alpha value is -2.27. The summed E-state index contributed by atoms with van der Waals surface area (Å²) in [5.74, 6) is -0.369. The highest BCUT2D eigenvalue weighted by molar-refractivity contribution is 7.22. The van der Waals surface area contributed by atoms with Crippen molar-refractivity contribution >= 4 is 32.6 Å². The first-order valence-electron chi connectivity index (χ1n) is 6.50. The molecule has 3 aromatic rings. The monoisotopic (exact) mass is 300 g/mol. The zero-order valence-electron chi connectivity index (χ0n) is 11.4. The van der Waals surface area contributed by atoms with Crippen LogP contribution in [-0.2, 0) is 11.2 Å². The summed E-state index contributed by atoms with van der Waals surface area (Å²) >= 11 is 1.48. The Balaban J connectivity index is 1.78. The van der Waals surface area contributed by atoms with Crippen molar-refractivity contribution in [2.24, 2.45) is 0 Å². The fraction of sp³-hybridized carbons (Fsp3) is 0.125. The van der Waals surface area contributed by atoms with E-state index >= 15 is 0 Å². The van der Waals surface area contributed by atoms with E-state index < -0.39 is 0 Å².